The number of rotatable bonds is 4. The van der Waals surface area contributed by atoms with Crippen LogP contribution in [0.15, 0.2) is 47.2 Å². The van der Waals surface area contributed by atoms with Gasteiger partial charge in [-0.05, 0) is 30.1 Å². The molecule has 0 spiro atoms. The molecule has 108 valence electrons. The van der Waals surface area contributed by atoms with Crippen molar-refractivity contribution in [2.75, 3.05) is 20.1 Å². The zero-order valence-electron chi connectivity index (χ0n) is 13.9. The Hall–Kier alpha value is -0.466. The van der Waals surface area contributed by atoms with Crippen LogP contribution in [0.25, 0.3) is 4.98 Å². The van der Waals surface area contributed by atoms with Crippen LogP contribution in [-0.2, 0) is 0 Å². The third-order valence-corrected chi connectivity index (χ3v) is 7.19. The van der Waals surface area contributed by atoms with Crippen molar-refractivity contribution in [3.63, 3.8) is 0 Å². The maximum Gasteiger partial charge on any atom is 1.00 e. The van der Waals surface area contributed by atoms with Crippen LogP contribution in [0.1, 0.15) is 12.8 Å². The molecule has 1 heterocycles. The fourth-order valence-electron chi connectivity index (χ4n) is 3.42. The van der Waals surface area contributed by atoms with E-state index in [1.165, 1.54) is 43.2 Å². The predicted octanol–water partition coefficient (Wildman–Crippen LogP) is 1.23. The van der Waals surface area contributed by atoms with Gasteiger partial charge in [0.1, 0.15) is 0 Å². The predicted molar refractivity (Wildman–Crippen MR) is 89.3 cm³/mol. The molecular weight excluding hydrogens is 267 g/mol. The summed E-state index contributed by atoms with van der Waals surface area (Å²) in [5, 5.41) is 0. The molecule has 2 aliphatic carbocycles. The van der Waals surface area contributed by atoms with Gasteiger partial charge in [0.15, 0.2) is 0 Å². The molecule has 0 saturated carbocycles. The van der Waals surface area contributed by atoms with Crippen molar-refractivity contribution >= 4 is 8.24 Å². The Labute approximate surface area is 142 Å². The van der Waals surface area contributed by atoms with E-state index in [-0.39, 0.29) is 18.9 Å². The van der Waals surface area contributed by atoms with Gasteiger partial charge in [-0.15, -0.1) is 0 Å². The summed E-state index contributed by atoms with van der Waals surface area (Å²) in [7, 11) is 0.550. The minimum atomic E-state index is -1.44. The number of hydrogen-bond acceptors (Lipinski definition) is 1. The summed E-state index contributed by atoms with van der Waals surface area (Å²) in [4.78, 5) is 7.26. The number of likely N-dealkylation sites (tertiary alicyclic amines) is 1. The Kier molecular flexibility index (Phi) is 5.43. The Balaban J connectivity index is 0.00000161. The molecule has 0 aromatic rings. The standard InChI is InChI=1S/C17H25N2Si.Li/c1-18-20(2,3)13-14-12-17(19-10-6-7-11-19)16-9-5-4-8-15(14)16;/h4-5,8-9,12,16H,6-7,10-11,13H2,1-3H3;/q-1;+1. The van der Waals surface area contributed by atoms with Crippen molar-refractivity contribution in [2.24, 2.45) is 5.92 Å². The van der Waals surface area contributed by atoms with Gasteiger partial charge in [-0.1, -0.05) is 51.7 Å². The fraction of sp³-hybridized carbons (Fsp3) is 0.529. The van der Waals surface area contributed by atoms with E-state index >= 15 is 0 Å². The van der Waals surface area contributed by atoms with E-state index in [1.54, 1.807) is 5.57 Å². The maximum absolute atomic E-state index is 4.66. The first kappa shape index (κ1) is 16.9. The molecule has 1 atom stereocenters. The molecule has 0 aromatic heterocycles. The third kappa shape index (κ3) is 3.48. The zero-order chi connectivity index (χ0) is 14.2. The molecule has 1 unspecified atom stereocenters. The molecule has 1 aliphatic heterocycles. The van der Waals surface area contributed by atoms with E-state index in [1.807, 2.05) is 7.05 Å². The van der Waals surface area contributed by atoms with E-state index in [0.717, 1.165) is 0 Å². The van der Waals surface area contributed by atoms with E-state index in [0.29, 0.717) is 5.92 Å². The van der Waals surface area contributed by atoms with Crippen molar-refractivity contribution in [1.29, 1.82) is 0 Å². The van der Waals surface area contributed by atoms with Gasteiger partial charge >= 0.3 is 18.9 Å². The Morgan fingerprint density at radius 2 is 1.95 bits per heavy atom. The number of hydrogen-bond donors (Lipinski definition) is 0. The molecule has 0 amide bonds. The summed E-state index contributed by atoms with van der Waals surface area (Å²) in [6.45, 7) is 7.19. The molecule has 2 nitrogen and oxygen atoms in total. The second kappa shape index (κ2) is 6.75. The van der Waals surface area contributed by atoms with E-state index in [4.69, 9.17) is 0 Å². The molecule has 0 bridgehead atoms. The number of allylic oxidation sites excluding steroid dienone is 6. The third-order valence-electron chi connectivity index (χ3n) is 4.74. The summed E-state index contributed by atoms with van der Waals surface area (Å²) in [5.74, 6) is 0.509. The molecule has 0 radical (unpaired) electrons. The van der Waals surface area contributed by atoms with Crippen LogP contribution >= 0.6 is 0 Å². The van der Waals surface area contributed by atoms with Crippen LogP contribution in [0.3, 0.4) is 0 Å². The summed E-state index contributed by atoms with van der Waals surface area (Å²) in [5.41, 5.74) is 4.60. The van der Waals surface area contributed by atoms with Gasteiger partial charge < -0.3 is 9.88 Å². The largest absolute Gasteiger partial charge is 1.00 e. The van der Waals surface area contributed by atoms with Crippen molar-refractivity contribution in [2.45, 2.75) is 32.0 Å². The Bertz CT molecular complexity index is 511. The first-order chi connectivity index (χ1) is 9.61. The molecule has 0 aromatic carbocycles. The molecule has 3 aliphatic rings. The van der Waals surface area contributed by atoms with Crippen LogP contribution in [0.4, 0.5) is 0 Å². The van der Waals surface area contributed by atoms with Gasteiger partial charge in [0, 0.05) is 24.7 Å². The van der Waals surface area contributed by atoms with Crippen molar-refractivity contribution in [3.8, 4) is 0 Å². The molecule has 0 N–H and O–H groups in total. The van der Waals surface area contributed by atoms with Gasteiger partial charge in [0.25, 0.3) is 0 Å². The van der Waals surface area contributed by atoms with Gasteiger partial charge in [-0.3, -0.25) is 0 Å². The Morgan fingerprint density at radius 1 is 1.24 bits per heavy atom. The maximum atomic E-state index is 4.66. The molecule has 1 fully saturated rings. The molecule has 4 heteroatoms. The SMILES string of the molecule is C[N-][Si](C)(C)CC1=C2C=CC=CC2C(N2CCCC2)=C1.[Li+]. The van der Waals surface area contributed by atoms with Crippen LogP contribution in [0.5, 0.6) is 0 Å². The summed E-state index contributed by atoms with van der Waals surface area (Å²) in [6.07, 6.45) is 14.2. The second-order valence-electron chi connectivity index (χ2n) is 6.68. The summed E-state index contributed by atoms with van der Waals surface area (Å²) in [6, 6.07) is 1.17. The average Bonchev–Trinajstić information content (AvgIpc) is 3.07. The summed E-state index contributed by atoms with van der Waals surface area (Å²) < 4.78 is 0. The monoisotopic (exact) mass is 292 g/mol. The number of fused-ring (bicyclic) bond motifs is 1. The molecular formula is C17H25LiN2Si. The van der Waals surface area contributed by atoms with Crippen molar-refractivity contribution in [3.05, 3.63) is 52.2 Å². The van der Waals surface area contributed by atoms with E-state index < -0.39 is 8.24 Å². The molecule has 1 saturated heterocycles. The first-order valence-corrected chi connectivity index (χ1v) is 10.9. The normalized spacial score (nSPS) is 24.2. The number of nitrogens with zero attached hydrogens (tertiary/aromatic N) is 2. The second-order valence-corrected chi connectivity index (χ2v) is 11.1. The van der Waals surface area contributed by atoms with Gasteiger partial charge in [0.2, 0.25) is 0 Å². The topological polar surface area (TPSA) is 17.3 Å². The Morgan fingerprint density at radius 3 is 2.62 bits per heavy atom. The van der Waals surface area contributed by atoms with E-state index in [9.17, 15) is 0 Å². The van der Waals surface area contributed by atoms with Gasteiger partial charge in [0.05, 0.1) is 0 Å². The van der Waals surface area contributed by atoms with Crippen LogP contribution in [0, 0.1) is 5.92 Å². The van der Waals surface area contributed by atoms with Gasteiger partial charge in [-0.2, -0.15) is 7.05 Å². The zero-order valence-corrected chi connectivity index (χ0v) is 14.9. The fourth-order valence-corrected chi connectivity index (χ4v) is 4.82. The van der Waals surface area contributed by atoms with Crippen LogP contribution in [-0.4, -0.2) is 33.3 Å². The summed E-state index contributed by atoms with van der Waals surface area (Å²) >= 11 is 0. The van der Waals surface area contributed by atoms with Crippen LogP contribution in [0.2, 0.25) is 19.1 Å². The van der Waals surface area contributed by atoms with Crippen molar-refractivity contribution < 1.29 is 18.9 Å². The smallest absolute Gasteiger partial charge is 0.667 e. The minimum Gasteiger partial charge on any atom is -0.667 e. The first-order valence-electron chi connectivity index (χ1n) is 7.76. The van der Waals surface area contributed by atoms with Crippen molar-refractivity contribution in [1.82, 2.24) is 4.90 Å². The quantitative estimate of drug-likeness (QED) is 0.713. The average molecular weight is 292 g/mol. The molecule has 3 rings (SSSR count). The minimum absolute atomic E-state index is 0. The van der Waals surface area contributed by atoms with Crippen LogP contribution < -0.4 is 18.9 Å². The van der Waals surface area contributed by atoms with E-state index in [2.05, 4.69) is 53.4 Å². The van der Waals surface area contributed by atoms with Gasteiger partial charge in [-0.25, -0.2) is 0 Å². The molecule has 21 heavy (non-hydrogen) atoms.